The zero-order chi connectivity index (χ0) is 14.9. The van der Waals surface area contributed by atoms with Crippen LogP contribution in [-0.4, -0.2) is 34.2 Å². The van der Waals surface area contributed by atoms with E-state index in [2.05, 4.69) is 23.6 Å². The van der Waals surface area contributed by atoms with E-state index in [1.165, 1.54) is 11.3 Å². The fourth-order valence-corrected chi connectivity index (χ4v) is 3.98. The Labute approximate surface area is 126 Å². The molecule has 0 spiro atoms. The van der Waals surface area contributed by atoms with E-state index in [0.717, 1.165) is 21.7 Å². The minimum Gasteiger partial charge on any atom is -0.397 e. The molecular weight excluding hydrogens is 292 g/mol. The van der Waals surface area contributed by atoms with E-state index in [4.69, 9.17) is 5.73 Å². The molecule has 110 valence electrons. The van der Waals surface area contributed by atoms with Gasteiger partial charge in [0.25, 0.3) is 5.91 Å². The lowest BCUT2D eigenvalue weighted by atomic mass is 10.2. The van der Waals surface area contributed by atoms with E-state index in [1.54, 1.807) is 16.4 Å². The lowest BCUT2D eigenvalue weighted by Crippen LogP contribution is -2.29. The molecule has 2 rings (SSSR count). The van der Waals surface area contributed by atoms with Gasteiger partial charge < -0.3 is 11.1 Å². The van der Waals surface area contributed by atoms with Gasteiger partial charge in [0, 0.05) is 13.6 Å². The summed E-state index contributed by atoms with van der Waals surface area (Å²) in [5.41, 5.74) is 7.52. The first-order valence-corrected chi connectivity index (χ1v) is 8.65. The number of rotatable bonds is 5. The zero-order valence-electron chi connectivity index (χ0n) is 12.2. The number of nitrogens with two attached hydrogens (primary N) is 1. The number of nitrogen functional groups attached to an aromatic ring is 1. The summed E-state index contributed by atoms with van der Waals surface area (Å²) in [7, 11) is 1.87. The molecule has 0 fully saturated rings. The maximum Gasteiger partial charge on any atom is 0.263 e. The molecule has 0 aliphatic rings. The number of hydrogen-bond acceptors (Lipinski definition) is 5. The van der Waals surface area contributed by atoms with E-state index in [9.17, 15) is 4.79 Å². The minimum atomic E-state index is -0.0870. The van der Waals surface area contributed by atoms with Crippen molar-refractivity contribution in [1.82, 2.24) is 15.1 Å². The first kappa shape index (κ1) is 15.2. The fraction of sp³-hybridized carbons (Fsp3) is 0.538. The Bertz CT molecular complexity index is 632. The van der Waals surface area contributed by atoms with E-state index in [1.807, 2.05) is 14.0 Å². The second-order valence-corrected chi connectivity index (χ2v) is 6.91. The van der Waals surface area contributed by atoms with Crippen molar-refractivity contribution in [1.29, 1.82) is 0 Å². The van der Waals surface area contributed by atoms with Gasteiger partial charge in [-0.3, -0.25) is 9.48 Å². The Morgan fingerprint density at radius 1 is 1.60 bits per heavy atom. The molecule has 2 heterocycles. The highest BCUT2D eigenvalue weighted by Gasteiger charge is 2.21. The van der Waals surface area contributed by atoms with E-state index in [0.29, 0.717) is 23.0 Å². The number of aromatic nitrogens is 2. The third-order valence-electron chi connectivity index (χ3n) is 3.15. The summed E-state index contributed by atoms with van der Waals surface area (Å²) in [6.45, 7) is 4.71. The van der Waals surface area contributed by atoms with Gasteiger partial charge in [-0.25, -0.2) is 0 Å². The van der Waals surface area contributed by atoms with Gasteiger partial charge in [-0.2, -0.15) is 16.9 Å². The Balaban J connectivity index is 2.18. The van der Waals surface area contributed by atoms with Gasteiger partial charge in [0.1, 0.15) is 9.71 Å². The molecule has 0 saturated carbocycles. The smallest absolute Gasteiger partial charge is 0.263 e. The van der Waals surface area contributed by atoms with Crippen molar-refractivity contribution < 1.29 is 4.79 Å². The highest BCUT2D eigenvalue weighted by atomic mass is 32.2. The lowest BCUT2D eigenvalue weighted by Gasteiger charge is -2.10. The SMILES string of the molecule is CSCC(C)CNC(=O)c1sc2c(c(C)nn2C)c1N. The molecule has 3 N–H and O–H groups in total. The molecular formula is C13H20N4OS2. The van der Waals surface area contributed by atoms with Crippen LogP contribution in [0.3, 0.4) is 0 Å². The molecule has 0 aromatic carbocycles. The molecule has 0 aliphatic carbocycles. The summed E-state index contributed by atoms with van der Waals surface area (Å²) < 4.78 is 1.78. The number of hydrogen-bond donors (Lipinski definition) is 2. The van der Waals surface area contributed by atoms with E-state index in [-0.39, 0.29) is 5.91 Å². The lowest BCUT2D eigenvalue weighted by molar-refractivity contribution is 0.0954. The van der Waals surface area contributed by atoms with Crippen LogP contribution in [0.2, 0.25) is 0 Å². The molecule has 0 aliphatic heterocycles. The first-order chi connectivity index (χ1) is 9.45. The largest absolute Gasteiger partial charge is 0.397 e. The molecule has 1 atom stereocenters. The number of thiophene rings is 1. The Kier molecular flexibility index (Phi) is 4.59. The van der Waals surface area contributed by atoms with Gasteiger partial charge in [-0.1, -0.05) is 6.92 Å². The van der Waals surface area contributed by atoms with Crippen LogP contribution >= 0.6 is 23.1 Å². The summed E-state index contributed by atoms with van der Waals surface area (Å²) in [4.78, 5) is 13.8. The van der Waals surface area contributed by atoms with E-state index >= 15 is 0 Å². The summed E-state index contributed by atoms with van der Waals surface area (Å²) in [5.74, 6) is 1.40. The maximum atomic E-state index is 12.2. The molecule has 0 saturated heterocycles. The molecule has 2 aromatic rings. The predicted molar refractivity (Wildman–Crippen MR) is 87.6 cm³/mol. The van der Waals surface area contributed by atoms with Crippen LogP contribution in [0.4, 0.5) is 5.69 Å². The van der Waals surface area contributed by atoms with Crippen LogP contribution in [0.25, 0.3) is 10.2 Å². The van der Waals surface area contributed by atoms with Gasteiger partial charge in [-0.05, 0) is 24.9 Å². The normalized spacial score (nSPS) is 12.8. The second kappa shape index (κ2) is 6.05. The van der Waals surface area contributed by atoms with Crippen LogP contribution in [0.1, 0.15) is 22.3 Å². The number of nitrogens with one attached hydrogen (secondary N) is 1. The van der Waals surface area contributed by atoms with Crippen molar-refractivity contribution in [3.05, 3.63) is 10.6 Å². The van der Waals surface area contributed by atoms with Crippen molar-refractivity contribution in [3.8, 4) is 0 Å². The van der Waals surface area contributed by atoms with Gasteiger partial charge >= 0.3 is 0 Å². The summed E-state index contributed by atoms with van der Waals surface area (Å²) >= 11 is 3.19. The highest BCUT2D eigenvalue weighted by Crippen LogP contribution is 2.35. The summed E-state index contributed by atoms with van der Waals surface area (Å²) in [6, 6.07) is 0. The van der Waals surface area contributed by atoms with Crippen LogP contribution < -0.4 is 11.1 Å². The molecule has 1 unspecified atom stereocenters. The van der Waals surface area contributed by atoms with Gasteiger partial charge in [0.2, 0.25) is 0 Å². The maximum absolute atomic E-state index is 12.2. The molecule has 0 radical (unpaired) electrons. The molecule has 2 aromatic heterocycles. The fourth-order valence-electron chi connectivity index (χ4n) is 2.19. The Morgan fingerprint density at radius 3 is 2.90 bits per heavy atom. The van der Waals surface area contributed by atoms with E-state index < -0.39 is 0 Å². The number of nitrogens with zero attached hydrogens (tertiary/aromatic N) is 2. The number of carbonyl (C=O) groups is 1. The molecule has 1 amide bonds. The zero-order valence-corrected chi connectivity index (χ0v) is 13.8. The van der Waals surface area contributed by atoms with Gasteiger partial charge in [-0.15, -0.1) is 11.3 Å². The van der Waals surface area contributed by atoms with Crippen molar-refractivity contribution in [2.75, 3.05) is 24.3 Å². The Hall–Kier alpha value is -1.21. The van der Waals surface area contributed by atoms with Crippen LogP contribution in [0, 0.1) is 12.8 Å². The van der Waals surface area contributed by atoms with Gasteiger partial charge in [0.15, 0.2) is 0 Å². The van der Waals surface area contributed by atoms with Crippen LogP contribution in [0.15, 0.2) is 0 Å². The van der Waals surface area contributed by atoms with Crippen molar-refractivity contribution in [3.63, 3.8) is 0 Å². The number of thioether (sulfide) groups is 1. The second-order valence-electron chi connectivity index (χ2n) is 5.00. The third kappa shape index (κ3) is 2.78. The third-order valence-corrected chi connectivity index (χ3v) is 5.32. The topological polar surface area (TPSA) is 72.9 Å². The van der Waals surface area contributed by atoms with Gasteiger partial charge in [0.05, 0.1) is 16.8 Å². The standard InChI is InChI=1S/C13H20N4OS2/c1-7(6-19-4)5-15-12(18)11-10(14)9-8(2)16-17(3)13(9)20-11/h7H,5-6,14H2,1-4H3,(H,15,18). The average molecular weight is 312 g/mol. The number of carbonyl (C=O) groups excluding carboxylic acids is 1. The first-order valence-electron chi connectivity index (χ1n) is 6.44. The summed E-state index contributed by atoms with van der Waals surface area (Å²) in [5, 5.41) is 8.19. The average Bonchev–Trinajstić information content (AvgIpc) is 2.87. The Morgan fingerprint density at radius 2 is 2.30 bits per heavy atom. The van der Waals surface area contributed by atoms with Crippen LogP contribution in [-0.2, 0) is 7.05 Å². The quantitative estimate of drug-likeness (QED) is 0.888. The molecule has 5 nitrogen and oxygen atoms in total. The van der Waals surface area contributed by atoms with Crippen molar-refractivity contribution >= 4 is 44.9 Å². The molecule has 7 heteroatoms. The van der Waals surface area contributed by atoms with Crippen molar-refractivity contribution in [2.45, 2.75) is 13.8 Å². The minimum absolute atomic E-state index is 0.0870. The molecule has 20 heavy (non-hydrogen) atoms. The molecule has 0 bridgehead atoms. The summed E-state index contributed by atoms with van der Waals surface area (Å²) in [6.07, 6.45) is 2.07. The highest BCUT2D eigenvalue weighted by molar-refractivity contribution is 7.98. The van der Waals surface area contributed by atoms with Crippen molar-refractivity contribution in [2.24, 2.45) is 13.0 Å². The number of amides is 1. The predicted octanol–water partition coefficient (Wildman–Crippen LogP) is 2.25. The monoisotopic (exact) mass is 312 g/mol. The van der Waals surface area contributed by atoms with Crippen LogP contribution in [0.5, 0.6) is 0 Å². The number of anilines is 1. The number of fused-ring (bicyclic) bond motifs is 1. The number of aryl methyl sites for hydroxylation is 2.